The third-order valence-corrected chi connectivity index (χ3v) is 3.06. The van der Waals surface area contributed by atoms with E-state index in [1.54, 1.807) is 12.1 Å². The monoisotopic (exact) mass is 334 g/mol. The minimum atomic E-state index is -4.68. The largest absolute Gasteiger partial charge is 0.573 e. The molecular formula is C19H17F3O2. The summed E-state index contributed by atoms with van der Waals surface area (Å²) < 4.78 is 45.8. The van der Waals surface area contributed by atoms with Gasteiger partial charge in [0, 0.05) is 0 Å². The van der Waals surface area contributed by atoms with E-state index in [4.69, 9.17) is 4.74 Å². The second-order valence-corrected chi connectivity index (χ2v) is 4.86. The van der Waals surface area contributed by atoms with E-state index in [2.05, 4.69) is 4.74 Å². The molecule has 0 saturated carbocycles. The molecule has 5 heteroatoms. The molecule has 0 fully saturated rings. The molecule has 0 unspecified atom stereocenters. The number of hydrogen-bond donors (Lipinski definition) is 0. The number of hydrogen-bond acceptors (Lipinski definition) is 2. The van der Waals surface area contributed by atoms with Crippen LogP contribution in [0.2, 0.25) is 0 Å². The van der Waals surface area contributed by atoms with E-state index in [0.717, 1.165) is 16.9 Å². The highest BCUT2D eigenvalue weighted by molar-refractivity contribution is 5.64. The van der Waals surface area contributed by atoms with E-state index in [1.165, 1.54) is 12.1 Å². The zero-order chi connectivity index (χ0) is 17.4. The van der Waals surface area contributed by atoms with E-state index in [0.29, 0.717) is 6.61 Å². The molecule has 0 atom stereocenters. The van der Waals surface area contributed by atoms with Gasteiger partial charge in [0.1, 0.15) is 18.1 Å². The first kappa shape index (κ1) is 17.7. The van der Waals surface area contributed by atoms with E-state index in [-0.39, 0.29) is 5.75 Å². The molecule has 0 bridgehead atoms. The van der Waals surface area contributed by atoms with E-state index < -0.39 is 6.36 Å². The summed E-state index contributed by atoms with van der Waals surface area (Å²) in [4.78, 5) is 0. The molecule has 0 heterocycles. The van der Waals surface area contributed by atoms with Crippen molar-refractivity contribution >= 4 is 0 Å². The van der Waals surface area contributed by atoms with Gasteiger partial charge in [-0.25, -0.2) is 0 Å². The summed E-state index contributed by atoms with van der Waals surface area (Å²) in [5, 5.41) is 0. The van der Waals surface area contributed by atoms with Crippen molar-refractivity contribution in [2.24, 2.45) is 0 Å². The summed E-state index contributed by atoms with van der Waals surface area (Å²) in [6, 6.07) is 13.1. The van der Waals surface area contributed by atoms with Gasteiger partial charge < -0.3 is 9.47 Å². The number of halogens is 3. The first-order valence-corrected chi connectivity index (χ1v) is 7.35. The van der Waals surface area contributed by atoms with Crippen molar-refractivity contribution in [3.8, 4) is 22.6 Å². The average molecular weight is 334 g/mol. The smallest absolute Gasteiger partial charge is 0.490 e. The Morgan fingerprint density at radius 3 is 1.88 bits per heavy atom. The van der Waals surface area contributed by atoms with Gasteiger partial charge in [0.05, 0.1) is 0 Å². The summed E-state index contributed by atoms with van der Waals surface area (Å²) in [6.45, 7) is 2.40. The van der Waals surface area contributed by atoms with Gasteiger partial charge >= 0.3 is 6.36 Å². The summed E-state index contributed by atoms with van der Waals surface area (Å²) in [5.41, 5.74) is 1.68. The second-order valence-electron chi connectivity index (χ2n) is 4.86. The second kappa shape index (κ2) is 8.24. The molecule has 0 amide bonds. The molecule has 24 heavy (non-hydrogen) atoms. The van der Waals surface area contributed by atoms with Gasteiger partial charge in [-0.1, -0.05) is 42.5 Å². The molecular weight excluding hydrogens is 317 g/mol. The Labute approximate surface area is 138 Å². The van der Waals surface area contributed by atoms with Crippen LogP contribution in [0.3, 0.4) is 0 Å². The molecule has 0 aliphatic carbocycles. The molecule has 0 aromatic heterocycles. The fourth-order valence-electron chi connectivity index (χ4n) is 1.98. The van der Waals surface area contributed by atoms with Gasteiger partial charge in [-0.15, -0.1) is 13.2 Å². The topological polar surface area (TPSA) is 18.5 Å². The minimum absolute atomic E-state index is 0.237. The molecule has 0 saturated heterocycles. The maximum Gasteiger partial charge on any atom is 0.573 e. The van der Waals surface area contributed by atoms with Crippen molar-refractivity contribution in [3.63, 3.8) is 0 Å². The maximum atomic E-state index is 12.1. The Morgan fingerprint density at radius 2 is 1.38 bits per heavy atom. The Morgan fingerprint density at radius 1 is 0.833 bits per heavy atom. The molecule has 0 N–H and O–H groups in total. The number of rotatable bonds is 6. The summed E-state index contributed by atoms with van der Waals surface area (Å²) in [6.07, 6.45) is 2.96. The molecule has 2 rings (SSSR count). The van der Waals surface area contributed by atoms with Crippen molar-refractivity contribution < 1.29 is 22.6 Å². The molecule has 0 radical (unpaired) electrons. The molecule has 126 valence electrons. The fourth-order valence-corrected chi connectivity index (χ4v) is 1.98. The summed E-state index contributed by atoms with van der Waals surface area (Å²) in [7, 11) is 0. The Bertz CT molecular complexity index is 684. The zero-order valence-electron chi connectivity index (χ0n) is 13.1. The molecule has 2 nitrogen and oxygen atoms in total. The van der Waals surface area contributed by atoms with Gasteiger partial charge in [0.25, 0.3) is 0 Å². The van der Waals surface area contributed by atoms with Crippen LogP contribution in [0.4, 0.5) is 13.2 Å². The van der Waals surface area contributed by atoms with Crippen molar-refractivity contribution in [2.75, 3.05) is 6.61 Å². The van der Waals surface area contributed by atoms with Gasteiger partial charge in [-0.2, -0.15) is 0 Å². The standard InChI is InChI=1S/C19H17F3O2/c1-2-3-4-5-14-23-17-10-6-15(7-11-17)16-8-12-18(13-9-16)24-19(20,21)22/h2-13H,14H2,1H3/b3-2+,5-4+. The molecule has 0 spiro atoms. The van der Waals surface area contributed by atoms with Crippen molar-refractivity contribution in [1.29, 1.82) is 0 Å². The lowest BCUT2D eigenvalue weighted by Crippen LogP contribution is -2.16. The van der Waals surface area contributed by atoms with Crippen LogP contribution < -0.4 is 9.47 Å². The Hall–Kier alpha value is -2.69. The predicted octanol–water partition coefficient (Wildman–Crippen LogP) is 5.76. The minimum Gasteiger partial charge on any atom is -0.490 e. The lowest BCUT2D eigenvalue weighted by Gasteiger charge is -2.09. The number of alkyl halides is 3. The first-order valence-electron chi connectivity index (χ1n) is 7.35. The van der Waals surface area contributed by atoms with Crippen LogP contribution in [-0.4, -0.2) is 13.0 Å². The third-order valence-electron chi connectivity index (χ3n) is 3.06. The van der Waals surface area contributed by atoms with Gasteiger partial charge in [-0.3, -0.25) is 0 Å². The highest BCUT2D eigenvalue weighted by Crippen LogP contribution is 2.27. The van der Waals surface area contributed by atoms with Crippen molar-refractivity contribution in [1.82, 2.24) is 0 Å². The normalized spacial score (nSPS) is 12.0. The SMILES string of the molecule is C/C=C/C=C/COc1ccc(-c2ccc(OC(F)(F)F)cc2)cc1. The molecule has 0 aliphatic rings. The van der Waals surface area contributed by atoms with Crippen molar-refractivity contribution in [3.05, 3.63) is 72.8 Å². The molecule has 0 aliphatic heterocycles. The Kier molecular flexibility index (Phi) is 6.07. The average Bonchev–Trinajstić information content (AvgIpc) is 2.55. The lowest BCUT2D eigenvalue weighted by molar-refractivity contribution is -0.274. The van der Waals surface area contributed by atoms with Crippen LogP contribution in [0.15, 0.2) is 72.8 Å². The van der Waals surface area contributed by atoms with Gasteiger partial charge in [0.2, 0.25) is 0 Å². The van der Waals surface area contributed by atoms with Crippen LogP contribution in [-0.2, 0) is 0 Å². The Balaban J connectivity index is 1.97. The number of ether oxygens (including phenoxy) is 2. The molecule has 2 aromatic rings. The van der Waals surface area contributed by atoms with Crippen LogP contribution in [0.5, 0.6) is 11.5 Å². The highest BCUT2D eigenvalue weighted by atomic mass is 19.4. The van der Waals surface area contributed by atoms with Crippen LogP contribution >= 0.6 is 0 Å². The molecule has 2 aromatic carbocycles. The van der Waals surface area contributed by atoms with Crippen LogP contribution in [0, 0.1) is 0 Å². The number of allylic oxidation sites excluding steroid dienone is 3. The maximum absolute atomic E-state index is 12.1. The quantitative estimate of drug-likeness (QED) is 0.625. The van der Waals surface area contributed by atoms with Crippen LogP contribution in [0.1, 0.15) is 6.92 Å². The van der Waals surface area contributed by atoms with Crippen molar-refractivity contribution in [2.45, 2.75) is 13.3 Å². The summed E-state index contributed by atoms with van der Waals surface area (Å²) in [5.74, 6) is 0.486. The number of benzene rings is 2. The zero-order valence-corrected chi connectivity index (χ0v) is 13.1. The third kappa shape index (κ3) is 5.83. The fraction of sp³-hybridized carbons (Fsp3) is 0.158. The van der Waals surface area contributed by atoms with E-state index in [1.807, 2.05) is 55.5 Å². The highest BCUT2D eigenvalue weighted by Gasteiger charge is 2.30. The van der Waals surface area contributed by atoms with Gasteiger partial charge in [-0.05, 0) is 48.4 Å². The lowest BCUT2D eigenvalue weighted by atomic mass is 10.1. The van der Waals surface area contributed by atoms with Crippen LogP contribution in [0.25, 0.3) is 11.1 Å². The first-order chi connectivity index (χ1) is 11.5. The van der Waals surface area contributed by atoms with E-state index >= 15 is 0 Å². The van der Waals surface area contributed by atoms with E-state index in [9.17, 15) is 13.2 Å². The van der Waals surface area contributed by atoms with Gasteiger partial charge in [0.15, 0.2) is 0 Å². The predicted molar refractivity (Wildman–Crippen MR) is 88.0 cm³/mol. The summed E-state index contributed by atoms with van der Waals surface area (Å²) >= 11 is 0.